The van der Waals surface area contributed by atoms with Crippen LogP contribution in [0.1, 0.15) is 16.7 Å². The molecule has 4 nitrogen and oxygen atoms in total. The van der Waals surface area contributed by atoms with Crippen molar-refractivity contribution in [2.75, 3.05) is 11.9 Å². The standard InChI is InChI=1S/C11H12ClN3OS/c1-7-14-15-11(17-7)13-6-10(16)8-4-2-3-5-9(8)12/h2-5,10,16H,6H2,1H3,(H,13,15). The van der Waals surface area contributed by atoms with E-state index >= 15 is 0 Å². The Labute approximate surface area is 108 Å². The SMILES string of the molecule is Cc1nnc(NCC(O)c2ccccc2Cl)s1. The van der Waals surface area contributed by atoms with E-state index in [0.717, 1.165) is 5.01 Å². The van der Waals surface area contributed by atoms with Crippen molar-refractivity contribution in [1.29, 1.82) is 0 Å². The summed E-state index contributed by atoms with van der Waals surface area (Å²) in [6.45, 7) is 2.24. The Hall–Kier alpha value is -1.17. The third kappa shape index (κ3) is 3.15. The van der Waals surface area contributed by atoms with E-state index in [0.29, 0.717) is 22.3 Å². The molecule has 1 unspecified atom stereocenters. The van der Waals surface area contributed by atoms with Gasteiger partial charge in [-0.25, -0.2) is 0 Å². The lowest BCUT2D eigenvalue weighted by molar-refractivity contribution is 0.191. The van der Waals surface area contributed by atoms with Gasteiger partial charge in [0, 0.05) is 17.1 Å². The Morgan fingerprint density at radius 2 is 2.18 bits per heavy atom. The lowest BCUT2D eigenvalue weighted by Gasteiger charge is -2.12. The summed E-state index contributed by atoms with van der Waals surface area (Å²) in [5.41, 5.74) is 0.711. The number of nitrogens with one attached hydrogen (secondary N) is 1. The van der Waals surface area contributed by atoms with Gasteiger partial charge in [-0.1, -0.05) is 41.1 Å². The third-order valence-corrected chi connectivity index (χ3v) is 3.38. The van der Waals surface area contributed by atoms with Crippen LogP contribution >= 0.6 is 22.9 Å². The molecule has 0 spiro atoms. The Morgan fingerprint density at radius 3 is 2.82 bits per heavy atom. The van der Waals surface area contributed by atoms with Gasteiger partial charge in [0.1, 0.15) is 5.01 Å². The van der Waals surface area contributed by atoms with E-state index in [1.165, 1.54) is 11.3 Å². The summed E-state index contributed by atoms with van der Waals surface area (Å²) in [6, 6.07) is 7.24. The molecular formula is C11H12ClN3OS. The van der Waals surface area contributed by atoms with Crippen LogP contribution in [0.5, 0.6) is 0 Å². The molecule has 0 fully saturated rings. The van der Waals surface area contributed by atoms with Gasteiger partial charge < -0.3 is 10.4 Å². The normalized spacial score (nSPS) is 12.4. The molecule has 0 saturated carbocycles. The second-order valence-electron chi connectivity index (χ2n) is 3.54. The van der Waals surface area contributed by atoms with E-state index in [1.807, 2.05) is 19.1 Å². The summed E-state index contributed by atoms with van der Waals surface area (Å²) in [5, 5.41) is 23.0. The highest BCUT2D eigenvalue weighted by atomic mass is 35.5. The molecule has 17 heavy (non-hydrogen) atoms. The lowest BCUT2D eigenvalue weighted by Crippen LogP contribution is -2.12. The Balaban J connectivity index is 1.98. The number of hydrogen-bond donors (Lipinski definition) is 2. The zero-order chi connectivity index (χ0) is 12.3. The zero-order valence-corrected chi connectivity index (χ0v) is 10.8. The molecule has 1 heterocycles. The minimum absolute atomic E-state index is 0.359. The molecule has 2 rings (SSSR count). The number of rotatable bonds is 4. The highest BCUT2D eigenvalue weighted by Crippen LogP contribution is 2.23. The second kappa shape index (κ2) is 5.44. The van der Waals surface area contributed by atoms with Gasteiger partial charge in [-0.2, -0.15) is 0 Å². The van der Waals surface area contributed by atoms with Crippen LogP contribution in [0, 0.1) is 6.92 Å². The molecule has 0 radical (unpaired) electrons. The van der Waals surface area contributed by atoms with Crippen molar-refractivity contribution in [2.24, 2.45) is 0 Å². The number of aromatic nitrogens is 2. The number of aryl methyl sites for hydroxylation is 1. The maximum Gasteiger partial charge on any atom is 0.205 e. The topological polar surface area (TPSA) is 58.0 Å². The van der Waals surface area contributed by atoms with Crippen molar-refractivity contribution in [1.82, 2.24) is 10.2 Å². The van der Waals surface area contributed by atoms with Crippen LogP contribution < -0.4 is 5.32 Å². The summed E-state index contributed by atoms with van der Waals surface area (Å²) in [4.78, 5) is 0. The maximum absolute atomic E-state index is 9.98. The number of benzene rings is 1. The molecule has 0 aliphatic heterocycles. The van der Waals surface area contributed by atoms with Gasteiger partial charge in [-0.05, 0) is 13.0 Å². The highest BCUT2D eigenvalue weighted by Gasteiger charge is 2.11. The summed E-state index contributed by atoms with van der Waals surface area (Å²) >= 11 is 7.44. The molecule has 2 N–H and O–H groups in total. The number of hydrogen-bond acceptors (Lipinski definition) is 5. The molecule has 0 aliphatic rings. The van der Waals surface area contributed by atoms with Gasteiger partial charge in [0.15, 0.2) is 0 Å². The van der Waals surface area contributed by atoms with Crippen LogP contribution in [0.25, 0.3) is 0 Å². The van der Waals surface area contributed by atoms with Crippen molar-refractivity contribution in [2.45, 2.75) is 13.0 Å². The fourth-order valence-corrected chi connectivity index (χ4v) is 2.27. The van der Waals surface area contributed by atoms with Gasteiger partial charge in [-0.15, -0.1) is 10.2 Å². The molecule has 2 aromatic rings. The van der Waals surface area contributed by atoms with Gasteiger partial charge in [0.25, 0.3) is 0 Å². The minimum Gasteiger partial charge on any atom is -0.387 e. The average molecular weight is 270 g/mol. The van der Waals surface area contributed by atoms with E-state index in [1.54, 1.807) is 12.1 Å². The molecule has 1 aromatic heterocycles. The summed E-state index contributed by atoms with van der Waals surface area (Å²) < 4.78 is 0. The second-order valence-corrected chi connectivity index (χ2v) is 5.13. The molecule has 0 saturated heterocycles. The highest BCUT2D eigenvalue weighted by molar-refractivity contribution is 7.15. The van der Waals surface area contributed by atoms with Crippen LogP contribution in [0.15, 0.2) is 24.3 Å². The molecule has 1 aromatic carbocycles. The van der Waals surface area contributed by atoms with Crippen molar-refractivity contribution < 1.29 is 5.11 Å². The Kier molecular flexibility index (Phi) is 3.93. The third-order valence-electron chi connectivity index (χ3n) is 2.24. The molecule has 0 bridgehead atoms. The van der Waals surface area contributed by atoms with E-state index < -0.39 is 6.10 Å². The van der Waals surface area contributed by atoms with Gasteiger partial charge >= 0.3 is 0 Å². The predicted octanol–water partition coefficient (Wildman–Crippen LogP) is 2.65. The minimum atomic E-state index is -0.659. The number of nitrogens with zero attached hydrogens (tertiary/aromatic N) is 2. The van der Waals surface area contributed by atoms with Gasteiger partial charge in [0.05, 0.1) is 6.10 Å². The lowest BCUT2D eigenvalue weighted by atomic mass is 10.1. The van der Waals surface area contributed by atoms with Gasteiger partial charge in [-0.3, -0.25) is 0 Å². The summed E-state index contributed by atoms with van der Waals surface area (Å²) in [6.07, 6.45) is -0.659. The van der Waals surface area contributed by atoms with Crippen LogP contribution in [0.2, 0.25) is 5.02 Å². The Morgan fingerprint density at radius 1 is 1.41 bits per heavy atom. The number of aliphatic hydroxyl groups is 1. The van der Waals surface area contributed by atoms with Crippen molar-refractivity contribution in [3.8, 4) is 0 Å². The molecule has 0 amide bonds. The fraction of sp³-hybridized carbons (Fsp3) is 0.273. The van der Waals surface area contributed by atoms with Crippen LogP contribution in [-0.4, -0.2) is 21.8 Å². The van der Waals surface area contributed by atoms with E-state index in [4.69, 9.17) is 11.6 Å². The fourth-order valence-electron chi connectivity index (χ4n) is 1.41. The smallest absolute Gasteiger partial charge is 0.205 e. The molecule has 1 atom stereocenters. The first-order valence-electron chi connectivity index (χ1n) is 5.13. The van der Waals surface area contributed by atoms with Crippen LogP contribution in [0.3, 0.4) is 0 Å². The first-order chi connectivity index (χ1) is 8.16. The first kappa shape index (κ1) is 12.3. The zero-order valence-electron chi connectivity index (χ0n) is 9.22. The van der Waals surface area contributed by atoms with Crippen LogP contribution in [0.4, 0.5) is 5.13 Å². The maximum atomic E-state index is 9.98. The molecule has 90 valence electrons. The van der Waals surface area contributed by atoms with Crippen molar-refractivity contribution in [3.05, 3.63) is 39.9 Å². The number of halogens is 1. The van der Waals surface area contributed by atoms with E-state index in [-0.39, 0.29) is 0 Å². The summed E-state index contributed by atoms with van der Waals surface area (Å²) in [5.74, 6) is 0. The van der Waals surface area contributed by atoms with Crippen LogP contribution in [-0.2, 0) is 0 Å². The summed E-state index contributed by atoms with van der Waals surface area (Å²) in [7, 11) is 0. The number of aliphatic hydroxyl groups excluding tert-OH is 1. The Bertz CT molecular complexity index is 503. The largest absolute Gasteiger partial charge is 0.387 e. The van der Waals surface area contributed by atoms with Crippen molar-refractivity contribution >= 4 is 28.1 Å². The quantitative estimate of drug-likeness (QED) is 0.896. The van der Waals surface area contributed by atoms with E-state index in [9.17, 15) is 5.11 Å². The number of anilines is 1. The molecule has 6 heteroatoms. The molecular weight excluding hydrogens is 258 g/mol. The van der Waals surface area contributed by atoms with Crippen molar-refractivity contribution in [3.63, 3.8) is 0 Å². The van der Waals surface area contributed by atoms with Gasteiger partial charge in [0.2, 0.25) is 5.13 Å². The van der Waals surface area contributed by atoms with E-state index in [2.05, 4.69) is 15.5 Å². The predicted molar refractivity (Wildman–Crippen MR) is 69.5 cm³/mol. The molecule has 0 aliphatic carbocycles. The monoisotopic (exact) mass is 269 g/mol. The average Bonchev–Trinajstić information content (AvgIpc) is 2.73. The first-order valence-corrected chi connectivity index (χ1v) is 6.32.